The highest BCUT2D eigenvalue weighted by Gasteiger charge is 2.24. The minimum Gasteiger partial charge on any atom is -0.497 e. The quantitative estimate of drug-likeness (QED) is 0.546. The zero-order valence-corrected chi connectivity index (χ0v) is 18.3. The van der Waals surface area contributed by atoms with E-state index in [1.807, 2.05) is 18.2 Å². The number of hydrogen-bond donors (Lipinski definition) is 1. The molecule has 2 aliphatic heterocycles. The van der Waals surface area contributed by atoms with Crippen molar-refractivity contribution in [1.82, 2.24) is 4.90 Å². The molecule has 4 rings (SSSR count). The predicted octanol–water partition coefficient (Wildman–Crippen LogP) is 2.76. The summed E-state index contributed by atoms with van der Waals surface area (Å²) < 4.78 is 15.8. The maximum atomic E-state index is 11.9. The molecule has 0 saturated carbocycles. The number of primary amides is 1. The van der Waals surface area contributed by atoms with Crippen LogP contribution >= 0.6 is 0 Å². The summed E-state index contributed by atoms with van der Waals surface area (Å²) in [7, 11) is 1.68. The first-order valence-electron chi connectivity index (χ1n) is 10.9. The summed E-state index contributed by atoms with van der Waals surface area (Å²) in [6, 6.07) is 13.6. The van der Waals surface area contributed by atoms with Crippen molar-refractivity contribution in [3.05, 3.63) is 59.2 Å². The second-order valence-electron chi connectivity index (χ2n) is 8.05. The number of nitrogens with two attached hydrogens (primary N) is 1. The highest BCUT2D eigenvalue weighted by atomic mass is 16.6. The maximum absolute atomic E-state index is 11.9. The molecule has 2 N–H and O–H groups in total. The largest absolute Gasteiger partial charge is 0.497 e. The summed E-state index contributed by atoms with van der Waals surface area (Å²) in [5.74, 6) is 0.148. The van der Waals surface area contributed by atoms with Gasteiger partial charge in [0.2, 0.25) is 0 Å². The lowest BCUT2D eigenvalue weighted by Gasteiger charge is -2.37. The minimum absolute atomic E-state index is 0.000390. The van der Waals surface area contributed by atoms with Gasteiger partial charge >= 0.3 is 12.1 Å². The number of hydrogen-bond acceptors (Lipinski definition) is 7. The molecule has 1 saturated heterocycles. The Bertz CT molecular complexity index is 955. The number of ether oxygens (including phenoxy) is 3. The Hall–Kier alpha value is -3.10. The van der Waals surface area contributed by atoms with Crippen LogP contribution in [0.5, 0.6) is 5.75 Å². The van der Waals surface area contributed by atoms with E-state index in [0.29, 0.717) is 12.2 Å². The van der Waals surface area contributed by atoms with Crippen LogP contribution in [0.25, 0.3) is 0 Å². The van der Waals surface area contributed by atoms with Crippen LogP contribution in [0.4, 0.5) is 10.5 Å². The molecule has 8 heteroatoms. The number of fused-ring (bicyclic) bond motifs is 1. The van der Waals surface area contributed by atoms with Crippen molar-refractivity contribution in [3.8, 4) is 5.75 Å². The van der Waals surface area contributed by atoms with Crippen molar-refractivity contribution < 1.29 is 23.8 Å². The molecule has 1 fully saturated rings. The number of carbonyl (C=O) groups is 2. The molecule has 0 aliphatic carbocycles. The predicted molar refractivity (Wildman–Crippen MR) is 120 cm³/mol. The van der Waals surface area contributed by atoms with Crippen LogP contribution in [0, 0.1) is 0 Å². The summed E-state index contributed by atoms with van der Waals surface area (Å²) in [4.78, 5) is 27.6. The van der Waals surface area contributed by atoms with E-state index >= 15 is 0 Å². The Labute approximate surface area is 187 Å². The fourth-order valence-corrected chi connectivity index (χ4v) is 4.38. The molecule has 0 aromatic heterocycles. The summed E-state index contributed by atoms with van der Waals surface area (Å²) in [5, 5.41) is 0. The topological polar surface area (TPSA) is 94.3 Å². The van der Waals surface area contributed by atoms with Gasteiger partial charge in [-0.3, -0.25) is 4.90 Å². The van der Waals surface area contributed by atoms with Gasteiger partial charge in [-0.05, 0) is 60.4 Å². The van der Waals surface area contributed by atoms with Crippen LogP contribution in [0.3, 0.4) is 0 Å². The average Bonchev–Trinajstić information content (AvgIpc) is 2.82. The van der Waals surface area contributed by atoms with Crippen LogP contribution < -0.4 is 15.4 Å². The normalized spacial score (nSPS) is 18.7. The Morgan fingerprint density at radius 2 is 1.84 bits per heavy atom. The third kappa shape index (κ3) is 5.20. The van der Waals surface area contributed by atoms with Gasteiger partial charge in [0.25, 0.3) is 0 Å². The molecule has 0 radical (unpaired) electrons. The van der Waals surface area contributed by atoms with Crippen LogP contribution in [0.2, 0.25) is 0 Å². The SMILES string of the molecule is COc1ccc(N2CCN(CCC3OCCc4cc(C(=O)OC(N)=O)ccc43)CC2)cc1. The fraction of sp³-hybridized carbons (Fsp3) is 0.417. The van der Waals surface area contributed by atoms with Crippen LogP contribution in [-0.2, 0) is 15.9 Å². The third-order valence-corrected chi connectivity index (χ3v) is 6.13. The Balaban J connectivity index is 1.30. The highest BCUT2D eigenvalue weighted by molar-refractivity contribution is 5.96. The van der Waals surface area contributed by atoms with Crippen molar-refractivity contribution in [2.75, 3.05) is 51.3 Å². The Morgan fingerprint density at radius 1 is 1.09 bits per heavy atom. The Kier molecular flexibility index (Phi) is 6.92. The van der Waals surface area contributed by atoms with Gasteiger partial charge < -0.3 is 24.8 Å². The molecule has 2 aromatic carbocycles. The molecule has 1 amide bonds. The molecule has 0 spiro atoms. The molecule has 2 aromatic rings. The van der Waals surface area contributed by atoms with Crippen molar-refractivity contribution in [3.63, 3.8) is 0 Å². The van der Waals surface area contributed by atoms with Gasteiger partial charge in [-0.1, -0.05) is 6.07 Å². The first-order valence-corrected chi connectivity index (χ1v) is 10.9. The van der Waals surface area contributed by atoms with Gasteiger partial charge in [-0.25, -0.2) is 9.59 Å². The molecule has 8 nitrogen and oxygen atoms in total. The van der Waals surface area contributed by atoms with E-state index in [9.17, 15) is 9.59 Å². The average molecular weight is 440 g/mol. The number of rotatable bonds is 6. The third-order valence-electron chi connectivity index (χ3n) is 6.13. The molecule has 2 heterocycles. The number of anilines is 1. The standard InChI is InChI=1S/C24H29N3O5/c1-30-20-5-3-19(4-6-20)27-13-11-26(12-14-27)10-8-22-21-7-2-18(23(28)32-24(25)29)16-17(21)9-15-31-22/h2-7,16,22H,8-15H2,1H3,(H2,25,29). The number of esters is 1. The lowest BCUT2D eigenvalue weighted by Crippen LogP contribution is -2.46. The van der Waals surface area contributed by atoms with Crippen LogP contribution in [-0.4, -0.2) is 63.4 Å². The van der Waals surface area contributed by atoms with E-state index in [0.717, 1.165) is 62.4 Å². The van der Waals surface area contributed by atoms with Crippen molar-refractivity contribution in [2.24, 2.45) is 5.73 Å². The number of amides is 1. The van der Waals surface area contributed by atoms with Crippen LogP contribution in [0.1, 0.15) is 34.0 Å². The van der Waals surface area contributed by atoms with Gasteiger partial charge in [0.05, 0.1) is 25.4 Å². The summed E-state index contributed by atoms with van der Waals surface area (Å²) in [6.07, 6.45) is 0.519. The molecule has 170 valence electrons. The Morgan fingerprint density at radius 3 is 2.53 bits per heavy atom. The monoisotopic (exact) mass is 439 g/mol. The first-order chi connectivity index (χ1) is 15.5. The summed E-state index contributed by atoms with van der Waals surface area (Å²) >= 11 is 0. The fourth-order valence-electron chi connectivity index (χ4n) is 4.38. The van der Waals surface area contributed by atoms with Crippen molar-refractivity contribution in [1.29, 1.82) is 0 Å². The molecular weight excluding hydrogens is 410 g/mol. The van der Waals surface area contributed by atoms with E-state index in [4.69, 9.17) is 15.2 Å². The zero-order chi connectivity index (χ0) is 22.5. The number of nitrogens with zero attached hydrogens (tertiary/aromatic N) is 2. The number of carbonyl (C=O) groups excluding carboxylic acids is 2. The van der Waals surface area contributed by atoms with Crippen molar-refractivity contribution in [2.45, 2.75) is 18.9 Å². The maximum Gasteiger partial charge on any atom is 0.412 e. The number of benzene rings is 2. The van der Waals surface area contributed by atoms with Gasteiger partial charge in [-0.15, -0.1) is 0 Å². The van der Waals surface area contributed by atoms with E-state index in [1.165, 1.54) is 5.69 Å². The molecular formula is C24H29N3O5. The highest BCUT2D eigenvalue weighted by Crippen LogP contribution is 2.31. The molecule has 1 atom stereocenters. The van der Waals surface area contributed by atoms with Gasteiger partial charge in [0.15, 0.2) is 0 Å². The van der Waals surface area contributed by atoms with Gasteiger partial charge in [0, 0.05) is 38.4 Å². The lowest BCUT2D eigenvalue weighted by molar-refractivity contribution is 0.0288. The molecule has 1 unspecified atom stereocenters. The molecule has 2 aliphatic rings. The molecule has 0 bridgehead atoms. The second kappa shape index (κ2) is 10.0. The van der Waals surface area contributed by atoms with E-state index in [1.54, 1.807) is 19.2 Å². The molecule has 32 heavy (non-hydrogen) atoms. The second-order valence-corrected chi connectivity index (χ2v) is 8.05. The summed E-state index contributed by atoms with van der Waals surface area (Å²) in [6.45, 7) is 5.54. The number of methoxy groups -OCH3 is 1. The zero-order valence-electron chi connectivity index (χ0n) is 18.3. The van der Waals surface area contributed by atoms with Crippen LogP contribution in [0.15, 0.2) is 42.5 Å². The smallest absolute Gasteiger partial charge is 0.412 e. The van der Waals surface area contributed by atoms with E-state index in [-0.39, 0.29) is 6.10 Å². The summed E-state index contributed by atoms with van der Waals surface area (Å²) in [5.41, 5.74) is 8.65. The van der Waals surface area contributed by atoms with E-state index in [2.05, 4.69) is 26.7 Å². The minimum atomic E-state index is -1.10. The van der Waals surface area contributed by atoms with E-state index < -0.39 is 12.1 Å². The lowest BCUT2D eigenvalue weighted by atomic mass is 9.93. The number of piperazine rings is 1. The van der Waals surface area contributed by atoms with Crippen molar-refractivity contribution >= 4 is 17.7 Å². The van der Waals surface area contributed by atoms with Gasteiger partial charge in [0.1, 0.15) is 5.75 Å². The van der Waals surface area contributed by atoms with Gasteiger partial charge in [-0.2, -0.15) is 0 Å². The first kappa shape index (κ1) is 22.1.